The Balaban J connectivity index is 1.87. The van der Waals surface area contributed by atoms with Gasteiger partial charge < -0.3 is 14.8 Å². The lowest BCUT2D eigenvalue weighted by atomic mass is 10.2. The summed E-state index contributed by atoms with van der Waals surface area (Å²) in [5.41, 5.74) is 0.242. The highest BCUT2D eigenvalue weighted by Crippen LogP contribution is 2.21. The molecule has 0 bridgehead atoms. The Morgan fingerprint density at radius 1 is 1.22 bits per heavy atom. The summed E-state index contributed by atoms with van der Waals surface area (Å²) in [6, 6.07) is 7.87. The standard InChI is InChI=1S/C20H28N2O5/c1-14(18(24)26-13-15-9-6-5-7-10-15)21-17(23)16-11-8-12-22(16)19(25)27-20(2,3)4/h5-7,9-10,14,16H,8,11-13H2,1-4H3,(H,21,23)/t14-,16+/m0/s1. The summed E-state index contributed by atoms with van der Waals surface area (Å²) in [7, 11) is 0. The first-order chi connectivity index (χ1) is 12.7. The molecule has 7 nitrogen and oxygen atoms in total. The Morgan fingerprint density at radius 3 is 2.52 bits per heavy atom. The molecule has 1 aliphatic rings. The van der Waals surface area contributed by atoms with Crippen LogP contribution in [-0.2, 0) is 25.7 Å². The molecule has 148 valence electrons. The minimum Gasteiger partial charge on any atom is -0.459 e. The van der Waals surface area contributed by atoms with Crippen LogP contribution in [0.3, 0.4) is 0 Å². The molecular formula is C20H28N2O5. The Bertz CT molecular complexity index is 669. The van der Waals surface area contributed by atoms with Crippen molar-refractivity contribution < 1.29 is 23.9 Å². The van der Waals surface area contributed by atoms with E-state index in [9.17, 15) is 14.4 Å². The van der Waals surface area contributed by atoms with Crippen molar-refractivity contribution in [2.45, 2.75) is 64.8 Å². The number of ether oxygens (including phenoxy) is 2. The number of esters is 1. The van der Waals surface area contributed by atoms with Crippen molar-refractivity contribution in [1.29, 1.82) is 0 Å². The van der Waals surface area contributed by atoms with Crippen LogP contribution < -0.4 is 5.32 Å². The van der Waals surface area contributed by atoms with Crippen LogP contribution >= 0.6 is 0 Å². The van der Waals surface area contributed by atoms with Crippen LogP contribution in [0, 0.1) is 0 Å². The van der Waals surface area contributed by atoms with E-state index in [1.165, 1.54) is 4.90 Å². The van der Waals surface area contributed by atoms with E-state index in [0.29, 0.717) is 19.4 Å². The van der Waals surface area contributed by atoms with Gasteiger partial charge in [-0.1, -0.05) is 30.3 Å². The molecule has 2 amide bonds. The molecule has 1 saturated heterocycles. The van der Waals surface area contributed by atoms with Gasteiger partial charge in [-0.25, -0.2) is 9.59 Å². The third-order valence-electron chi connectivity index (χ3n) is 4.12. The molecule has 1 N–H and O–H groups in total. The fourth-order valence-corrected chi connectivity index (χ4v) is 2.80. The normalized spacial score (nSPS) is 17.9. The monoisotopic (exact) mass is 376 g/mol. The van der Waals surface area contributed by atoms with Crippen LogP contribution in [0.25, 0.3) is 0 Å². The van der Waals surface area contributed by atoms with Crippen molar-refractivity contribution in [3.8, 4) is 0 Å². The number of hydrogen-bond donors (Lipinski definition) is 1. The average Bonchev–Trinajstić information content (AvgIpc) is 3.09. The van der Waals surface area contributed by atoms with Gasteiger partial charge in [0.25, 0.3) is 0 Å². The predicted molar refractivity (Wildman–Crippen MR) is 99.8 cm³/mol. The number of rotatable bonds is 5. The molecule has 2 atom stereocenters. The summed E-state index contributed by atoms with van der Waals surface area (Å²) in [6.07, 6.45) is 0.737. The van der Waals surface area contributed by atoms with E-state index < -0.39 is 29.7 Å². The fraction of sp³-hybridized carbons (Fsp3) is 0.550. The number of nitrogens with one attached hydrogen (secondary N) is 1. The number of carbonyl (C=O) groups is 3. The Hall–Kier alpha value is -2.57. The summed E-state index contributed by atoms with van der Waals surface area (Å²) >= 11 is 0. The van der Waals surface area contributed by atoms with Crippen molar-refractivity contribution in [1.82, 2.24) is 10.2 Å². The summed E-state index contributed by atoms with van der Waals surface area (Å²) < 4.78 is 10.6. The zero-order chi connectivity index (χ0) is 20.0. The first-order valence-corrected chi connectivity index (χ1v) is 9.18. The SMILES string of the molecule is C[C@H](NC(=O)[C@H]1CCCN1C(=O)OC(C)(C)C)C(=O)OCc1ccccc1. The van der Waals surface area contributed by atoms with Gasteiger partial charge in [0, 0.05) is 6.54 Å². The van der Waals surface area contributed by atoms with Crippen molar-refractivity contribution in [3.63, 3.8) is 0 Å². The maximum absolute atomic E-state index is 12.5. The van der Waals surface area contributed by atoms with Crippen LogP contribution in [0.2, 0.25) is 0 Å². The molecule has 0 aromatic heterocycles. The van der Waals surface area contributed by atoms with Crippen molar-refractivity contribution in [3.05, 3.63) is 35.9 Å². The number of likely N-dealkylation sites (tertiary alicyclic amines) is 1. The molecule has 7 heteroatoms. The highest BCUT2D eigenvalue weighted by Gasteiger charge is 2.37. The van der Waals surface area contributed by atoms with Gasteiger partial charge in [0.2, 0.25) is 5.91 Å². The van der Waals surface area contributed by atoms with Gasteiger partial charge in [0.05, 0.1) is 0 Å². The van der Waals surface area contributed by atoms with E-state index in [1.54, 1.807) is 27.7 Å². The maximum Gasteiger partial charge on any atom is 0.410 e. The third-order valence-corrected chi connectivity index (χ3v) is 4.12. The van der Waals surface area contributed by atoms with Crippen LogP contribution in [0.5, 0.6) is 0 Å². The lowest BCUT2D eigenvalue weighted by molar-refractivity contribution is -0.149. The van der Waals surface area contributed by atoms with Crippen LogP contribution in [0.4, 0.5) is 4.79 Å². The van der Waals surface area contributed by atoms with Gasteiger partial charge in [0.1, 0.15) is 24.3 Å². The smallest absolute Gasteiger partial charge is 0.410 e. The van der Waals surface area contributed by atoms with E-state index in [4.69, 9.17) is 9.47 Å². The number of hydrogen-bond acceptors (Lipinski definition) is 5. The van der Waals surface area contributed by atoms with Gasteiger partial charge in [-0.15, -0.1) is 0 Å². The highest BCUT2D eigenvalue weighted by atomic mass is 16.6. The van der Waals surface area contributed by atoms with Gasteiger partial charge >= 0.3 is 12.1 Å². The van der Waals surface area contributed by atoms with Crippen molar-refractivity contribution >= 4 is 18.0 Å². The second kappa shape index (κ2) is 8.88. The molecule has 0 saturated carbocycles. The van der Waals surface area contributed by atoms with Gasteiger partial charge in [-0.05, 0) is 46.1 Å². The zero-order valence-corrected chi connectivity index (χ0v) is 16.4. The quantitative estimate of drug-likeness (QED) is 0.799. The minimum atomic E-state index is -0.803. The van der Waals surface area contributed by atoms with Crippen molar-refractivity contribution in [2.24, 2.45) is 0 Å². The zero-order valence-electron chi connectivity index (χ0n) is 16.4. The minimum absolute atomic E-state index is 0.146. The molecule has 0 aliphatic carbocycles. The van der Waals surface area contributed by atoms with Crippen LogP contribution in [-0.4, -0.2) is 47.1 Å². The van der Waals surface area contributed by atoms with Crippen LogP contribution in [0.1, 0.15) is 46.1 Å². The van der Waals surface area contributed by atoms with E-state index in [-0.39, 0.29) is 12.5 Å². The summed E-state index contributed by atoms with van der Waals surface area (Å²) in [6.45, 7) is 7.51. The van der Waals surface area contributed by atoms with E-state index in [2.05, 4.69) is 5.32 Å². The lowest BCUT2D eigenvalue weighted by Crippen LogP contribution is -2.51. The Kier molecular flexibility index (Phi) is 6.82. The molecule has 1 fully saturated rings. The topological polar surface area (TPSA) is 84.9 Å². The average molecular weight is 376 g/mol. The predicted octanol–water partition coefficient (Wildman–Crippen LogP) is 2.63. The van der Waals surface area contributed by atoms with Gasteiger partial charge in [0.15, 0.2) is 0 Å². The van der Waals surface area contributed by atoms with E-state index in [1.807, 2.05) is 30.3 Å². The molecule has 2 rings (SSSR count). The highest BCUT2D eigenvalue weighted by molar-refractivity contribution is 5.89. The molecule has 27 heavy (non-hydrogen) atoms. The first kappa shape index (κ1) is 20.7. The van der Waals surface area contributed by atoms with Crippen LogP contribution in [0.15, 0.2) is 30.3 Å². The summed E-state index contributed by atoms with van der Waals surface area (Å²) in [4.78, 5) is 38.4. The molecule has 1 aliphatic heterocycles. The molecule has 1 aromatic carbocycles. The molecule has 1 aromatic rings. The molecule has 1 heterocycles. The first-order valence-electron chi connectivity index (χ1n) is 9.18. The molecule has 0 spiro atoms. The molecule has 0 unspecified atom stereocenters. The number of nitrogens with zero attached hydrogens (tertiary/aromatic N) is 1. The lowest BCUT2D eigenvalue weighted by Gasteiger charge is -2.28. The second-order valence-corrected chi connectivity index (χ2v) is 7.66. The van der Waals surface area contributed by atoms with Crippen molar-refractivity contribution in [2.75, 3.05) is 6.54 Å². The van der Waals surface area contributed by atoms with E-state index >= 15 is 0 Å². The number of benzene rings is 1. The molecule has 0 radical (unpaired) electrons. The Morgan fingerprint density at radius 2 is 1.89 bits per heavy atom. The fourth-order valence-electron chi connectivity index (χ4n) is 2.80. The summed E-state index contributed by atoms with van der Waals surface area (Å²) in [5.74, 6) is -0.892. The number of amides is 2. The maximum atomic E-state index is 12.5. The van der Waals surface area contributed by atoms with Gasteiger partial charge in [-0.2, -0.15) is 0 Å². The van der Waals surface area contributed by atoms with Gasteiger partial charge in [-0.3, -0.25) is 9.69 Å². The second-order valence-electron chi connectivity index (χ2n) is 7.66. The third kappa shape index (κ3) is 6.27. The molecular weight excluding hydrogens is 348 g/mol. The largest absolute Gasteiger partial charge is 0.459 e. The Labute approximate surface area is 160 Å². The van der Waals surface area contributed by atoms with E-state index in [0.717, 1.165) is 5.56 Å². The summed E-state index contributed by atoms with van der Waals surface area (Å²) in [5, 5.41) is 2.64. The number of carbonyl (C=O) groups excluding carboxylic acids is 3.